The summed E-state index contributed by atoms with van der Waals surface area (Å²) in [6, 6.07) is 14.8. The maximum Gasteiger partial charge on any atom is 0.345 e. The van der Waals surface area contributed by atoms with Gasteiger partial charge in [0.1, 0.15) is 11.3 Å². The van der Waals surface area contributed by atoms with E-state index in [-0.39, 0.29) is 5.91 Å². The van der Waals surface area contributed by atoms with Gasteiger partial charge in [0.25, 0.3) is 5.91 Å². The molecule has 0 N–H and O–H groups in total. The van der Waals surface area contributed by atoms with Gasteiger partial charge in [0.2, 0.25) is 0 Å². The Balaban J connectivity index is 1.77. The Morgan fingerprint density at radius 3 is 2.52 bits per heavy atom. The highest BCUT2D eigenvalue weighted by molar-refractivity contribution is 7.21. The van der Waals surface area contributed by atoms with Gasteiger partial charge < -0.3 is 14.1 Å². The van der Waals surface area contributed by atoms with Crippen molar-refractivity contribution in [2.24, 2.45) is 0 Å². The predicted molar refractivity (Wildman–Crippen MR) is 118 cm³/mol. The van der Waals surface area contributed by atoms with Gasteiger partial charge in [-0.15, -0.1) is 11.3 Å². The van der Waals surface area contributed by atoms with Gasteiger partial charge in [0, 0.05) is 17.6 Å². The molecule has 0 unspecified atom stereocenters. The lowest BCUT2D eigenvalue weighted by Crippen LogP contribution is -2.29. The summed E-state index contributed by atoms with van der Waals surface area (Å²) in [7, 11) is 0. The molecule has 5 nitrogen and oxygen atoms in total. The number of anilines is 1. The SMILES string of the molecule is CCOc1ccc(N(CC)C(=O)c2cc3c(=O)oc4ccc(C)cc4c3s2)cc1. The first kappa shape index (κ1) is 19.2. The van der Waals surface area contributed by atoms with E-state index in [2.05, 4.69) is 0 Å². The molecule has 6 heteroatoms. The highest BCUT2D eigenvalue weighted by atomic mass is 32.1. The van der Waals surface area contributed by atoms with E-state index in [1.54, 1.807) is 17.0 Å². The molecule has 29 heavy (non-hydrogen) atoms. The summed E-state index contributed by atoms with van der Waals surface area (Å²) < 4.78 is 11.7. The van der Waals surface area contributed by atoms with Crippen LogP contribution in [0.2, 0.25) is 0 Å². The molecule has 0 atom stereocenters. The van der Waals surface area contributed by atoms with Crippen LogP contribution in [0.25, 0.3) is 21.1 Å². The zero-order valence-electron chi connectivity index (χ0n) is 16.5. The number of rotatable bonds is 5. The number of carbonyl (C=O) groups excluding carboxylic acids is 1. The minimum atomic E-state index is -0.421. The number of thiophene rings is 1. The Morgan fingerprint density at radius 2 is 1.83 bits per heavy atom. The third kappa shape index (κ3) is 3.51. The molecule has 148 valence electrons. The van der Waals surface area contributed by atoms with E-state index in [0.717, 1.165) is 27.1 Å². The topological polar surface area (TPSA) is 59.8 Å². The van der Waals surface area contributed by atoms with Crippen LogP contribution in [0.15, 0.2) is 57.7 Å². The lowest BCUT2D eigenvalue weighted by Gasteiger charge is -2.20. The van der Waals surface area contributed by atoms with E-state index in [4.69, 9.17) is 9.15 Å². The molecule has 0 aliphatic rings. The minimum absolute atomic E-state index is 0.141. The second kappa shape index (κ2) is 7.72. The molecule has 0 saturated carbocycles. The maximum absolute atomic E-state index is 13.2. The normalized spacial score (nSPS) is 11.1. The lowest BCUT2D eigenvalue weighted by atomic mass is 10.1. The molecule has 2 heterocycles. The van der Waals surface area contributed by atoms with Crippen molar-refractivity contribution in [3.05, 3.63) is 69.4 Å². The van der Waals surface area contributed by atoms with Crippen LogP contribution in [0.3, 0.4) is 0 Å². The van der Waals surface area contributed by atoms with Crippen molar-refractivity contribution in [1.29, 1.82) is 0 Å². The van der Waals surface area contributed by atoms with E-state index >= 15 is 0 Å². The average Bonchev–Trinajstić information content (AvgIpc) is 3.17. The number of hydrogen-bond donors (Lipinski definition) is 0. The Labute approximate surface area is 172 Å². The van der Waals surface area contributed by atoms with Crippen molar-refractivity contribution < 1.29 is 13.9 Å². The lowest BCUT2D eigenvalue weighted by molar-refractivity contribution is 0.0992. The number of aryl methyl sites for hydroxylation is 1. The summed E-state index contributed by atoms with van der Waals surface area (Å²) in [6.07, 6.45) is 0. The summed E-state index contributed by atoms with van der Waals surface area (Å²) in [4.78, 5) is 27.9. The van der Waals surface area contributed by atoms with E-state index in [1.807, 2.05) is 57.2 Å². The fourth-order valence-corrected chi connectivity index (χ4v) is 4.49. The van der Waals surface area contributed by atoms with Crippen LogP contribution in [-0.2, 0) is 0 Å². The summed E-state index contributed by atoms with van der Waals surface area (Å²) in [5.74, 6) is 0.624. The van der Waals surface area contributed by atoms with Crippen molar-refractivity contribution in [1.82, 2.24) is 0 Å². The van der Waals surface area contributed by atoms with Crippen molar-refractivity contribution >= 4 is 44.0 Å². The Hall–Kier alpha value is -3.12. The Morgan fingerprint density at radius 1 is 1.07 bits per heavy atom. The molecule has 1 amide bonds. The predicted octanol–water partition coefficient (Wildman–Crippen LogP) is 5.38. The highest BCUT2D eigenvalue weighted by Gasteiger charge is 2.21. The highest BCUT2D eigenvalue weighted by Crippen LogP contribution is 2.32. The monoisotopic (exact) mass is 407 g/mol. The Bertz CT molecular complexity index is 1250. The van der Waals surface area contributed by atoms with Crippen LogP contribution >= 0.6 is 11.3 Å². The van der Waals surface area contributed by atoms with Gasteiger partial charge in [0.15, 0.2) is 0 Å². The summed E-state index contributed by atoms with van der Waals surface area (Å²) in [6.45, 7) is 6.94. The first-order chi connectivity index (χ1) is 14.0. The first-order valence-electron chi connectivity index (χ1n) is 9.53. The third-order valence-corrected chi connectivity index (χ3v) is 5.92. The van der Waals surface area contributed by atoms with Crippen LogP contribution in [-0.4, -0.2) is 19.1 Å². The zero-order chi connectivity index (χ0) is 20.5. The standard InChI is InChI=1S/C23H21NO4S/c1-4-24(15-7-9-16(10-8-15)27-5-2)22(25)20-13-18-21(29-20)17-12-14(3)6-11-19(17)28-23(18)26/h6-13H,4-5H2,1-3H3. The number of fused-ring (bicyclic) bond motifs is 3. The van der Waals surface area contributed by atoms with Crippen LogP contribution in [0.5, 0.6) is 5.75 Å². The van der Waals surface area contributed by atoms with Crippen LogP contribution in [0, 0.1) is 6.92 Å². The van der Waals surface area contributed by atoms with E-state index in [9.17, 15) is 9.59 Å². The number of benzene rings is 2. The van der Waals surface area contributed by atoms with Gasteiger partial charge in [-0.2, -0.15) is 0 Å². The molecule has 0 spiro atoms. The summed E-state index contributed by atoms with van der Waals surface area (Å²) in [5, 5.41) is 1.30. The van der Waals surface area contributed by atoms with E-state index < -0.39 is 5.63 Å². The smallest absolute Gasteiger partial charge is 0.345 e. The fourth-order valence-electron chi connectivity index (χ4n) is 3.38. The molecule has 4 aromatic rings. The summed E-state index contributed by atoms with van der Waals surface area (Å²) >= 11 is 1.33. The second-order valence-corrected chi connectivity index (χ2v) is 7.77. The number of amides is 1. The first-order valence-corrected chi connectivity index (χ1v) is 10.3. The summed E-state index contributed by atoms with van der Waals surface area (Å²) in [5.41, 5.74) is 1.97. The van der Waals surface area contributed by atoms with E-state index in [1.165, 1.54) is 11.3 Å². The van der Waals surface area contributed by atoms with Gasteiger partial charge in [-0.3, -0.25) is 4.79 Å². The molecule has 4 rings (SSSR count). The fraction of sp³-hybridized carbons (Fsp3) is 0.217. The quantitative estimate of drug-likeness (QED) is 0.417. The molecule has 2 aromatic carbocycles. The maximum atomic E-state index is 13.2. The van der Waals surface area contributed by atoms with Gasteiger partial charge in [-0.05, 0) is 63.2 Å². The molecule has 2 aromatic heterocycles. The molecular formula is C23H21NO4S. The zero-order valence-corrected chi connectivity index (χ0v) is 17.3. The number of ether oxygens (including phenoxy) is 1. The minimum Gasteiger partial charge on any atom is -0.494 e. The molecule has 0 radical (unpaired) electrons. The molecule has 0 bridgehead atoms. The molecule has 0 aliphatic heterocycles. The average molecular weight is 407 g/mol. The van der Waals surface area contributed by atoms with Crippen molar-refractivity contribution in [3.63, 3.8) is 0 Å². The van der Waals surface area contributed by atoms with Crippen molar-refractivity contribution in [2.75, 3.05) is 18.1 Å². The van der Waals surface area contributed by atoms with Crippen molar-refractivity contribution in [3.8, 4) is 5.75 Å². The molecule has 0 saturated heterocycles. The van der Waals surface area contributed by atoms with E-state index in [0.29, 0.717) is 29.0 Å². The van der Waals surface area contributed by atoms with Gasteiger partial charge >= 0.3 is 5.63 Å². The third-order valence-electron chi connectivity index (χ3n) is 4.77. The largest absolute Gasteiger partial charge is 0.494 e. The second-order valence-electron chi connectivity index (χ2n) is 6.72. The van der Waals surface area contributed by atoms with Crippen LogP contribution in [0.4, 0.5) is 5.69 Å². The number of carbonyl (C=O) groups is 1. The Kier molecular flexibility index (Phi) is 5.11. The van der Waals surface area contributed by atoms with Crippen LogP contribution in [0.1, 0.15) is 29.1 Å². The molecule has 0 fully saturated rings. The van der Waals surface area contributed by atoms with Gasteiger partial charge in [-0.1, -0.05) is 11.6 Å². The molecule has 0 aliphatic carbocycles. The molecular weight excluding hydrogens is 386 g/mol. The van der Waals surface area contributed by atoms with Crippen LogP contribution < -0.4 is 15.3 Å². The van der Waals surface area contributed by atoms with Gasteiger partial charge in [0.05, 0.1) is 21.6 Å². The van der Waals surface area contributed by atoms with Crippen molar-refractivity contribution in [2.45, 2.75) is 20.8 Å². The number of nitrogens with zero attached hydrogens (tertiary/aromatic N) is 1. The van der Waals surface area contributed by atoms with Gasteiger partial charge in [-0.25, -0.2) is 4.79 Å². The number of hydrogen-bond acceptors (Lipinski definition) is 5.